The topological polar surface area (TPSA) is 133 Å². The summed E-state index contributed by atoms with van der Waals surface area (Å²) in [6.45, 7) is 13.0. The van der Waals surface area contributed by atoms with Crippen molar-refractivity contribution in [2.24, 2.45) is 0 Å². The highest BCUT2D eigenvalue weighted by Crippen LogP contribution is 2.46. The van der Waals surface area contributed by atoms with E-state index in [9.17, 15) is 36.0 Å². The molecule has 1 amide bonds. The van der Waals surface area contributed by atoms with E-state index >= 15 is 0 Å². The Morgan fingerprint density at radius 2 is 1.51 bits per heavy atom. The van der Waals surface area contributed by atoms with Crippen LogP contribution >= 0.6 is 0 Å². The second-order valence-electron chi connectivity index (χ2n) is 12.3. The summed E-state index contributed by atoms with van der Waals surface area (Å²) < 4.78 is 79.4. The van der Waals surface area contributed by atoms with Crippen LogP contribution in [0, 0.1) is 0 Å². The molecule has 3 aromatic rings. The lowest BCUT2D eigenvalue weighted by Gasteiger charge is -2.44. The van der Waals surface area contributed by atoms with Gasteiger partial charge in [0.05, 0.1) is 0 Å². The average Bonchev–Trinajstić information content (AvgIpc) is 3.32. The Hall–Kier alpha value is -3.69. The van der Waals surface area contributed by atoms with Crippen LogP contribution in [0.4, 0.5) is 13.2 Å². The summed E-state index contributed by atoms with van der Waals surface area (Å²) in [5.74, 6) is -2.59. The first-order chi connectivity index (χ1) is 21.8. The van der Waals surface area contributed by atoms with Crippen molar-refractivity contribution >= 4 is 47.0 Å². The fourth-order valence-corrected chi connectivity index (χ4v) is 14.0. The maximum absolute atomic E-state index is 13.5. The Kier molecular flexibility index (Phi) is 12.1. The third kappa shape index (κ3) is 8.43. The fourth-order valence-electron chi connectivity index (χ4n) is 6.62. The lowest BCUT2D eigenvalue weighted by molar-refractivity contribution is -0.145. The molecule has 15 heteroatoms. The summed E-state index contributed by atoms with van der Waals surface area (Å²) in [5, 5.41) is 2.58. The number of hydrogen-bond acceptors (Lipinski definition) is 7. The molecule has 0 bridgehead atoms. The van der Waals surface area contributed by atoms with Crippen molar-refractivity contribution in [1.82, 2.24) is 14.3 Å². The van der Waals surface area contributed by atoms with Crippen LogP contribution in [-0.4, -0.2) is 56.8 Å². The Bertz CT molecular complexity index is 1670. The van der Waals surface area contributed by atoms with Gasteiger partial charge in [-0.15, -0.1) is 0 Å². The van der Waals surface area contributed by atoms with Crippen LogP contribution < -0.4 is 14.8 Å². The Labute approximate surface area is 274 Å². The zero-order valence-electron chi connectivity index (χ0n) is 27.5. The monoisotopic (exact) mass is 697 g/mol. The molecule has 0 fully saturated rings. The minimum absolute atomic E-state index is 0.106. The Morgan fingerprint density at radius 1 is 0.915 bits per heavy atom. The van der Waals surface area contributed by atoms with Crippen LogP contribution in [0.3, 0.4) is 0 Å². The van der Waals surface area contributed by atoms with Gasteiger partial charge in [-0.25, -0.2) is 8.42 Å². The molecule has 2 N–H and O–H groups in total. The molecule has 0 radical (unpaired) electrons. The molecule has 0 saturated carbocycles. The van der Waals surface area contributed by atoms with Crippen LogP contribution in [0.1, 0.15) is 59.6 Å². The number of nitrogens with zero attached hydrogens (tertiary/aromatic N) is 1. The molecule has 0 aliphatic carbocycles. The molecule has 258 valence electrons. The van der Waals surface area contributed by atoms with Crippen LogP contribution in [-0.2, 0) is 42.2 Å². The number of fused-ring (bicyclic) bond motifs is 1. The number of sulfonamides is 1. The summed E-state index contributed by atoms with van der Waals surface area (Å²) in [6, 6.07) is 11.7. The summed E-state index contributed by atoms with van der Waals surface area (Å²) in [7, 11) is -8.54. The van der Waals surface area contributed by atoms with E-state index in [1.165, 1.54) is 17.7 Å². The number of rotatable bonds is 14. The van der Waals surface area contributed by atoms with Gasteiger partial charge >= 0.3 is 27.5 Å². The highest BCUT2D eigenvalue weighted by atomic mass is 32.2. The third-order valence-electron chi connectivity index (χ3n) is 8.31. The lowest BCUT2D eigenvalue weighted by atomic mass is 10.0. The molecule has 0 spiro atoms. The number of amides is 1. The molecule has 1 atom stereocenters. The van der Waals surface area contributed by atoms with Gasteiger partial charge in [0, 0.05) is 17.8 Å². The molecule has 47 heavy (non-hydrogen) atoms. The maximum atomic E-state index is 13.5. The largest absolute Gasteiger partial charge is 0.511 e. The molecule has 0 saturated heterocycles. The van der Waals surface area contributed by atoms with Crippen LogP contribution in [0.25, 0.3) is 10.9 Å². The Balaban J connectivity index is 2.10. The fraction of sp³-hybridized carbons (Fsp3) is 0.469. The number of nitrogens with one attached hydrogen (secondary N) is 2. The minimum atomic E-state index is -6.00. The first kappa shape index (κ1) is 37.8. The quantitative estimate of drug-likeness (QED) is 0.124. The summed E-state index contributed by atoms with van der Waals surface area (Å²) in [6.07, 6.45) is 1.18. The van der Waals surface area contributed by atoms with E-state index < -0.39 is 60.6 Å². The van der Waals surface area contributed by atoms with Gasteiger partial charge in [0.25, 0.3) is 0 Å². The van der Waals surface area contributed by atoms with Crippen molar-refractivity contribution in [3.63, 3.8) is 0 Å². The summed E-state index contributed by atoms with van der Waals surface area (Å²) in [4.78, 5) is 37.8. The van der Waals surface area contributed by atoms with E-state index in [1.807, 2.05) is 0 Å². The smallest absolute Gasteiger partial charge is 0.460 e. The number of ether oxygens (including phenoxy) is 2. The van der Waals surface area contributed by atoms with Gasteiger partial charge in [-0.05, 0) is 52.5 Å². The molecule has 1 aromatic heterocycles. The highest BCUT2D eigenvalue weighted by molar-refractivity contribution is 7.90. The summed E-state index contributed by atoms with van der Waals surface area (Å²) >= 11 is 0. The molecule has 10 nitrogen and oxygen atoms in total. The number of esters is 2. The second kappa shape index (κ2) is 15.0. The van der Waals surface area contributed by atoms with Crippen molar-refractivity contribution in [3.05, 3.63) is 65.9 Å². The van der Waals surface area contributed by atoms with E-state index in [1.54, 1.807) is 48.7 Å². The lowest BCUT2D eigenvalue weighted by Crippen LogP contribution is -2.52. The number of aromatic nitrogens is 1. The molecule has 2 aromatic carbocycles. The van der Waals surface area contributed by atoms with Crippen molar-refractivity contribution in [1.29, 1.82) is 0 Å². The average molecular weight is 698 g/mol. The van der Waals surface area contributed by atoms with Gasteiger partial charge in [-0.3, -0.25) is 14.4 Å². The van der Waals surface area contributed by atoms with Gasteiger partial charge in [-0.2, -0.15) is 17.9 Å². The Morgan fingerprint density at radius 3 is 2.04 bits per heavy atom. The van der Waals surface area contributed by atoms with Gasteiger partial charge < -0.3 is 19.0 Å². The molecule has 3 rings (SSSR count). The predicted molar refractivity (Wildman–Crippen MR) is 175 cm³/mol. The van der Waals surface area contributed by atoms with Crippen LogP contribution in [0.5, 0.6) is 5.75 Å². The molecular formula is C32H42F3N3O7SSi. The van der Waals surface area contributed by atoms with Crippen molar-refractivity contribution in [2.75, 3.05) is 6.54 Å². The van der Waals surface area contributed by atoms with Crippen molar-refractivity contribution in [2.45, 2.75) is 89.7 Å². The van der Waals surface area contributed by atoms with Crippen molar-refractivity contribution in [3.8, 4) is 5.75 Å². The van der Waals surface area contributed by atoms with Gasteiger partial charge in [0.1, 0.15) is 24.9 Å². The van der Waals surface area contributed by atoms with Gasteiger partial charge in [0.15, 0.2) is 8.24 Å². The van der Waals surface area contributed by atoms with E-state index in [-0.39, 0.29) is 34.5 Å². The zero-order chi connectivity index (χ0) is 35.3. The van der Waals surface area contributed by atoms with Crippen LogP contribution in [0.15, 0.2) is 54.7 Å². The van der Waals surface area contributed by atoms with E-state index in [0.29, 0.717) is 16.5 Å². The molecule has 1 heterocycles. The molecular weight excluding hydrogens is 656 g/mol. The number of carbonyl (C=O) groups is 3. The SMILES string of the molecule is CC(=O)Oc1cccc2c1c(C[C@H](NS(=O)(=O)C(F)(F)F)C(=O)NCC(=O)OCc1ccccc1)cn2[Si](C(C)C)(C(C)C)C(C)C. The number of halogens is 3. The zero-order valence-corrected chi connectivity index (χ0v) is 29.3. The number of carbonyl (C=O) groups excluding carboxylic acids is 3. The highest BCUT2D eigenvalue weighted by Gasteiger charge is 2.49. The molecule has 0 aliphatic rings. The number of hydrogen-bond donors (Lipinski definition) is 2. The molecule has 0 aliphatic heterocycles. The van der Waals surface area contributed by atoms with Crippen molar-refractivity contribution < 1.29 is 45.4 Å². The normalized spacial score (nSPS) is 13.3. The van der Waals surface area contributed by atoms with Gasteiger partial charge in [0.2, 0.25) is 5.91 Å². The standard InChI is InChI=1S/C32H42F3N3O7SSi/c1-20(2)47(21(3)4,22(5)6)38-18-25(30-27(38)14-11-15-28(30)45-23(7)39)16-26(37-46(42,43)32(33,34)35)31(41)36-17-29(40)44-19-24-12-9-8-10-13-24/h8-15,18,20-22,26,37H,16-17,19H2,1-7H3,(H,36,41)/t26-/m0/s1. The van der Waals surface area contributed by atoms with E-state index in [2.05, 4.69) is 51.1 Å². The number of benzene rings is 2. The molecule has 0 unspecified atom stereocenters. The third-order valence-corrected chi connectivity index (χ3v) is 16.3. The first-order valence-corrected chi connectivity index (χ1v) is 18.9. The summed E-state index contributed by atoms with van der Waals surface area (Å²) in [5.41, 5.74) is -3.59. The first-order valence-electron chi connectivity index (χ1n) is 15.2. The van der Waals surface area contributed by atoms with Crippen LogP contribution in [0.2, 0.25) is 16.6 Å². The van der Waals surface area contributed by atoms with Gasteiger partial charge in [-0.1, -0.05) is 77.9 Å². The maximum Gasteiger partial charge on any atom is 0.511 e. The van der Waals surface area contributed by atoms with E-state index in [0.717, 1.165) is 0 Å². The predicted octanol–water partition coefficient (Wildman–Crippen LogP) is 5.80. The second-order valence-corrected chi connectivity index (χ2v) is 19.7. The number of alkyl halides is 3. The minimum Gasteiger partial charge on any atom is -0.460 e. The van der Waals surface area contributed by atoms with E-state index in [4.69, 9.17) is 9.47 Å².